The highest BCUT2D eigenvalue weighted by Crippen LogP contribution is 2.13. The van der Waals surface area contributed by atoms with Crippen molar-refractivity contribution in [1.29, 1.82) is 0 Å². The summed E-state index contributed by atoms with van der Waals surface area (Å²) in [5, 5.41) is 8.89. The Hall–Kier alpha value is -1.47. The molecule has 2 aromatic rings. The molecule has 0 bridgehead atoms. The summed E-state index contributed by atoms with van der Waals surface area (Å²) in [6, 6.07) is 0. The van der Waals surface area contributed by atoms with Gasteiger partial charge >= 0.3 is 0 Å². The van der Waals surface area contributed by atoms with Crippen LogP contribution in [0.2, 0.25) is 0 Å². The molecule has 0 fully saturated rings. The van der Waals surface area contributed by atoms with Crippen molar-refractivity contribution in [2.75, 3.05) is 13.1 Å². The molecule has 0 atom stereocenters. The van der Waals surface area contributed by atoms with Crippen LogP contribution in [0, 0.1) is 6.92 Å². The van der Waals surface area contributed by atoms with Gasteiger partial charge in [-0.25, -0.2) is 15.0 Å². The van der Waals surface area contributed by atoms with E-state index < -0.39 is 0 Å². The van der Waals surface area contributed by atoms with Crippen molar-refractivity contribution in [3.05, 3.63) is 32.2 Å². The van der Waals surface area contributed by atoms with Crippen LogP contribution in [-0.2, 0) is 19.4 Å². The van der Waals surface area contributed by atoms with E-state index in [9.17, 15) is 0 Å². The quantitative estimate of drug-likeness (QED) is 0.602. The fourth-order valence-electron chi connectivity index (χ4n) is 1.89. The molecule has 2 heterocycles. The molecule has 0 aromatic carbocycles. The van der Waals surface area contributed by atoms with Crippen molar-refractivity contribution < 1.29 is 0 Å². The number of hydrogen-bond donors (Lipinski definition) is 2. The second-order valence-electron chi connectivity index (χ2n) is 4.79. The summed E-state index contributed by atoms with van der Waals surface area (Å²) in [6.45, 7) is 8.60. The first-order valence-electron chi connectivity index (χ1n) is 7.58. The molecule has 0 unspecified atom stereocenters. The molecule has 0 aliphatic rings. The monoisotopic (exact) mass is 337 g/mol. The van der Waals surface area contributed by atoms with Crippen LogP contribution in [0.25, 0.3) is 0 Å². The number of aliphatic imine (C=N–C) groups is 1. The highest BCUT2D eigenvalue weighted by molar-refractivity contribution is 7.11. The van der Waals surface area contributed by atoms with Crippen LogP contribution in [0.1, 0.15) is 33.6 Å². The minimum absolute atomic E-state index is 0.665. The molecule has 0 radical (unpaired) electrons. The van der Waals surface area contributed by atoms with Gasteiger partial charge in [-0.15, -0.1) is 22.7 Å². The third-order valence-corrected chi connectivity index (χ3v) is 5.09. The maximum absolute atomic E-state index is 4.60. The Morgan fingerprint density at radius 2 is 1.95 bits per heavy atom. The van der Waals surface area contributed by atoms with Gasteiger partial charge in [0.05, 0.1) is 16.6 Å². The van der Waals surface area contributed by atoms with Crippen LogP contribution < -0.4 is 10.6 Å². The molecule has 0 saturated heterocycles. The highest BCUT2D eigenvalue weighted by Gasteiger charge is 2.03. The average molecular weight is 338 g/mol. The summed E-state index contributed by atoms with van der Waals surface area (Å²) in [7, 11) is 0. The van der Waals surface area contributed by atoms with Crippen LogP contribution in [0.4, 0.5) is 0 Å². The summed E-state index contributed by atoms with van der Waals surface area (Å²) < 4.78 is 0. The van der Waals surface area contributed by atoms with E-state index in [-0.39, 0.29) is 0 Å². The van der Waals surface area contributed by atoms with Gasteiger partial charge < -0.3 is 10.6 Å². The predicted octanol–water partition coefficient (Wildman–Crippen LogP) is 2.77. The summed E-state index contributed by atoms with van der Waals surface area (Å²) in [6.07, 6.45) is 5.86. The number of thiazole rings is 2. The second-order valence-corrected chi connectivity index (χ2v) is 7.31. The van der Waals surface area contributed by atoms with Gasteiger partial charge in [0.1, 0.15) is 0 Å². The van der Waals surface area contributed by atoms with Gasteiger partial charge in [0, 0.05) is 41.7 Å². The van der Waals surface area contributed by atoms with E-state index in [4.69, 9.17) is 0 Å². The molecule has 7 heteroatoms. The van der Waals surface area contributed by atoms with Crippen molar-refractivity contribution in [2.45, 2.75) is 40.2 Å². The van der Waals surface area contributed by atoms with Gasteiger partial charge in [0.2, 0.25) is 0 Å². The molecule has 5 nitrogen and oxygen atoms in total. The van der Waals surface area contributed by atoms with Crippen LogP contribution in [0.15, 0.2) is 17.4 Å². The Morgan fingerprint density at radius 3 is 2.59 bits per heavy atom. The Bertz CT molecular complexity index is 603. The Kier molecular flexibility index (Phi) is 6.79. The lowest BCUT2D eigenvalue weighted by Crippen LogP contribution is -2.38. The summed E-state index contributed by atoms with van der Waals surface area (Å²) >= 11 is 3.48. The normalized spacial score (nSPS) is 11.7. The van der Waals surface area contributed by atoms with Crippen LogP contribution in [0.5, 0.6) is 0 Å². The topological polar surface area (TPSA) is 62.2 Å². The Morgan fingerprint density at radius 1 is 1.14 bits per heavy atom. The molecule has 120 valence electrons. The maximum Gasteiger partial charge on any atom is 0.191 e. The first-order valence-corrected chi connectivity index (χ1v) is 9.21. The number of guanidine groups is 1. The molecular weight excluding hydrogens is 314 g/mol. The summed E-state index contributed by atoms with van der Waals surface area (Å²) in [5.74, 6) is 0.848. The van der Waals surface area contributed by atoms with E-state index in [1.807, 2.05) is 19.3 Å². The molecule has 0 aliphatic carbocycles. The van der Waals surface area contributed by atoms with Gasteiger partial charge in [-0.2, -0.15) is 0 Å². The minimum Gasteiger partial charge on any atom is -0.357 e. The Balaban J connectivity index is 1.82. The zero-order valence-corrected chi connectivity index (χ0v) is 15.0. The lowest BCUT2D eigenvalue weighted by molar-refractivity contribution is 0.797. The Labute approximate surface area is 139 Å². The number of aryl methyl sites for hydroxylation is 2. The van der Waals surface area contributed by atoms with Crippen molar-refractivity contribution in [1.82, 2.24) is 20.6 Å². The predicted molar refractivity (Wildman–Crippen MR) is 94.9 cm³/mol. The van der Waals surface area contributed by atoms with Crippen LogP contribution in [0.3, 0.4) is 0 Å². The first kappa shape index (κ1) is 16.9. The fourth-order valence-corrected chi connectivity index (χ4v) is 3.47. The third kappa shape index (κ3) is 5.38. The van der Waals surface area contributed by atoms with Gasteiger partial charge in [-0.05, 0) is 20.3 Å². The van der Waals surface area contributed by atoms with Crippen molar-refractivity contribution in [2.24, 2.45) is 4.99 Å². The first-order chi connectivity index (χ1) is 10.7. The average Bonchev–Trinajstić information content (AvgIpc) is 3.13. The minimum atomic E-state index is 0.665. The largest absolute Gasteiger partial charge is 0.357 e. The molecule has 22 heavy (non-hydrogen) atoms. The van der Waals surface area contributed by atoms with Crippen molar-refractivity contribution in [3.63, 3.8) is 0 Å². The molecule has 2 N–H and O–H groups in total. The number of aromatic nitrogens is 2. The summed E-state index contributed by atoms with van der Waals surface area (Å²) in [5.41, 5.74) is 0. The number of rotatable bonds is 7. The molecular formula is C15H23N5S2. The van der Waals surface area contributed by atoms with Gasteiger partial charge in [0.25, 0.3) is 0 Å². The van der Waals surface area contributed by atoms with Gasteiger partial charge in [0.15, 0.2) is 5.96 Å². The van der Waals surface area contributed by atoms with Crippen LogP contribution >= 0.6 is 22.7 Å². The van der Waals surface area contributed by atoms with E-state index in [0.717, 1.165) is 36.9 Å². The molecule has 0 amide bonds. The van der Waals surface area contributed by atoms with Crippen LogP contribution in [-0.4, -0.2) is 29.0 Å². The van der Waals surface area contributed by atoms with Gasteiger partial charge in [-0.3, -0.25) is 0 Å². The standard InChI is InChI=1S/C15H23N5S2/c1-4-12-8-19-14(22-12)6-7-17-15(16-5-2)20-10-13-9-18-11(3)21-13/h8-9H,4-7,10H2,1-3H3,(H2,16,17,20). The zero-order chi connectivity index (χ0) is 15.8. The van der Waals surface area contributed by atoms with E-state index in [0.29, 0.717) is 6.54 Å². The maximum atomic E-state index is 4.60. The number of nitrogens with zero attached hydrogens (tertiary/aromatic N) is 3. The highest BCUT2D eigenvalue weighted by atomic mass is 32.1. The molecule has 0 aliphatic heterocycles. The van der Waals surface area contributed by atoms with E-state index in [1.165, 1.54) is 14.8 Å². The molecule has 0 saturated carbocycles. The van der Waals surface area contributed by atoms with E-state index in [1.54, 1.807) is 22.7 Å². The number of hydrogen-bond acceptors (Lipinski definition) is 5. The van der Waals surface area contributed by atoms with Crippen molar-refractivity contribution >= 4 is 28.6 Å². The second kappa shape index (κ2) is 8.85. The van der Waals surface area contributed by atoms with Gasteiger partial charge in [-0.1, -0.05) is 6.92 Å². The molecule has 2 rings (SSSR count). The van der Waals surface area contributed by atoms with E-state index >= 15 is 0 Å². The molecule has 2 aromatic heterocycles. The fraction of sp³-hybridized carbons (Fsp3) is 0.533. The number of nitrogens with one attached hydrogen (secondary N) is 2. The lowest BCUT2D eigenvalue weighted by Gasteiger charge is -2.10. The van der Waals surface area contributed by atoms with E-state index in [2.05, 4.69) is 39.4 Å². The SMILES string of the molecule is CCNC(=NCc1cnc(C)s1)NCCc1ncc(CC)s1. The lowest BCUT2D eigenvalue weighted by atomic mass is 10.4. The smallest absolute Gasteiger partial charge is 0.191 e. The zero-order valence-electron chi connectivity index (χ0n) is 13.3. The van der Waals surface area contributed by atoms with Crippen molar-refractivity contribution in [3.8, 4) is 0 Å². The third-order valence-electron chi connectivity index (χ3n) is 2.99. The molecule has 0 spiro atoms. The summed E-state index contributed by atoms with van der Waals surface area (Å²) in [4.78, 5) is 15.8.